The predicted octanol–water partition coefficient (Wildman–Crippen LogP) is 2.33. The highest BCUT2D eigenvalue weighted by atomic mass is 14.9. The Morgan fingerprint density at radius 3 is 2.50 bits per heavy atom. The van der Waals surface area contributed by atoms with Crippen LogP contribution in [-0.4, -0.2) is 13.1 Å². The average molecular weight is 315 g/mol. The van der Waals surface area contributed by atoms with Crippen molar-refractivity contribution in [2.24, 2.45) is 28.6 Å². The van der Waals surface area contributed by atoms with Gasteiger partial charge in [-0.05, 0) is 31.7 Å². The first-order chi connectivity index (χ1) is 11.7. The largest absolute Gasteiger partial charge is 0.313 e. The molecule has 24 heavy (non-hydrogen) atoms. The number of nitriles is 4. The molecule has 0 spiro atoms. The summed E-state index contributed by atoms with van der Waals surface area (Å²) in [4.78, 5) is 0. The summed E-state index contributed by atoms with van der Waals surface area (Å²) in [6.45, 7) is 1.82. The average Bonchev–Trinajstić information content (AvgIpc) is 2.65. The summed E-state index contributed by atoms with van der Waals surface area (Å²) in [6.07, 6.45) is 4.89. The first kappa shape index (κ1) is 15.0. The first-order valence-corrected chi connectivity index (χ1v) is 8.43. The molecule has 118 valence electrons. The third-order valence-electron chi connectivity index (χ3n) is 6.57. The molecule has 1 aliphatic heterocycles. The molecule has 1 fully saturated rings. The van der Waals surface area contributed by atoms with Gasteiger partial charge in [0.2, 0.25) is 0 Å². The predicted molar refractivity (Wildman–Crippen MR) is 84.2 cm³/mol. The van der Waals surface area contributed by atoms with Gasteiger partial charge in [0.15, 0.2) is 10.8 Å². The summed E-state index contributed by atoms with van der Waals surface area (Å²) < 4.78 is 0. The van der Waals surface area contributed by atoms with Crippen molar-refractivity contribution in [1.82, 2.24) is 5.32 Å². The minimum atomic E-state index is -1.58. The van der Waals surface area contributed by atoms with Crippen LogP contribution in [0.5, 0.6) is 0 Å². The number of nitrogens with zero attached hydrogens (tertiary/aromatic N) is 4. The lowest BCUT2D eigenvalue weighted by atomic mass is 9.46. The zero-order chi connectivity index (χ0) is 16.9. The number of nitrogens with one attached hydrogen (secondary N) is 1. The molecule has 0 aromatic carbocycles. The van der Waals surface area contributed by atoms with Crippen molar-refractivity contribution in [3.05, 3.63) is 22.8 Å². The molecule has 0 amide bonds. The van der Waals surface area contributed by atoms with Crippen LogP contribution in [0.15, 0.2) is 22.8 Å². The second-order valence-electron chi connectivity index (χ2n) is 7.37. The van der Waals surface area contributed by atoms with Gasteiger partial charge in [-0.25, -0.2) is 0 Å². The van der Waals surface area contributed by atoms with Gasteiger partial charge in [-0.15, -0.1) is 0 Å². The van der Waals surface area contributed by atoms with Crippen LogP contribution in [0, 0.1) is 73.9 Å². The molecule has 0 bridgehead atoms. The lowest BCUT2D eigenvalue weighted by Gasteiger charge is -2.53. The van der Waals surface area contributed by atoms with Gasteiger partial charge in [-0.2, -0.15) is 21.0 Å². The van der Waals surface area contributed by atoms with E-state index in [2.05, 4.69) is 35.7 Å². The summed E-state index contributed by atoms with van der Waals surface area (Å²) in [6, 6.07) is 8.40. The van der Waals surface area contributed by atoms with Crippen molar-refractivity contribution < 1.29 is 0 Å². The Balaban J connectivity index is 1.98. The SMILES string of the molecule is N#CC1(C#N)CC2=C3[C@@H]4C(=CC[C@H]3C1(C#N)C#N)CNC[C@H]4CC2. The molecule has 0 aromatic heterocycles. The van der Waals surface area contributed by atoms with Crippen LogP contribution in [-0.2, 0) is 0 Å². The quantitative estimate of drug-likeness (QED) is 0.690. The molecule has 0 aromatic rings. The Bertz CT molecular complexity index is 807. The Hall–Kier alpha value is -2.60. The van der Waals surface area contributed by atoms with E-state index < -0.39 is 10.8 Å². The van der Waals surface area contributed by atoms with Gasteiger partial charge in [0.05, 0.1) is 24.3 Å². The van der Waals surface area contributed by atoms with Crippen LogP contribution in [0.1, 0.15) is 25.7 Å². The maximum atomic E-state index is 9.91. The van der Waals surface area contributed by atoms with Crippen molar-refractivity contribution in [3.8, 4) is 24.3 Å². The molecule has 5 heteroatoms. The van der Waals surface area contributed by atoms with E-state index in [1.54, 1.807) is 0 Å². The monoisotopic (exact) mass is 315 g/mol. The molecular weight excluding hydrogens is 298 g/mol. The van der Waals surface area contributed by atoms with Crippen molar-refractivity contribution in [2.75, 3.05) is 13.1 Å². The second-order valence-corrected chi connectivity index (χ2v) is 7.37. The summed E-state index contributed by atoms with van der Waals surface area (Å²) in [5.74, 6) is 0.466. The van der Waals surface area contributed by atoms with E-state index in [4.69, 9.17) is 0 Å². The van der Waals surface area contributed by atoms with Crippen LogP contribution in [0.25, 0.3) is 0 Å². The molecule has 0 saturated carbocycles. The smallest absolute Gasteiger partial charge is 0.182 e. The molecule has 1 heterocycles. The normalized spacial score (nSPS) is 34.5. The van der Waals surface area contributed by atoms with E-state index in [9.17, 15) is 21.0 Å². The van der Waals surface area contributed by atoms with Crippen molar-refractivity contribution >= 4 is 0 Å². The molecule has 4 rings (SSSR count). The third-order valence-corrected chi connectivity index (χ3v) is 6.57. The van der Waals surface area contributed by atoms with Crippen LogP contribution >= 0.6 is 0 Å². The van der Waals surface area contributed by atoms with Gasteiger partial charge in [0.1, 0.15) is 0 Å². The fourth-order valence-corrected chi connectivity index (χ4v) is 5.45. The summed E-state index contributed by atoms with van der Waals surface area (Å²) >= 11 is 0. The molecule has 1 saturated heterocycles. The minimum Gasteiger partial charge on any atom is -0.313 e. The number of allylic oxidation sites excluding steroid dienone is 3. The molecule has 1 N–H and O–H groups in total. The number of piperidine rings is 1. The zero-order valence-corrected chi connectivity index (χ0v) is 13.3. The molecule has 4 aliphatic rings. The van der Waals surface area contributed by atoms with Crippen LogP contribution in [0.3, 0.4) is 0 Å². The Kier molecular flexibility index (Phi) is 3.08. The maximum absolute atomic E-state index is 9.91. The second kappa shape index (κ2) is 4.95. The molecule has 5 nitrogen and oxygen atoms in total. The molecule has 0 unspecified atom stereocenters. The van der Waals surface area contributed by atoms with E-state index >= 15 is 0 Å². The zero-order valence-electron chi connectivity index (χ0n) is 13.3. The highest BCUT2D eigenvalue weighted by Gasteiger charge is 2.65. The minimum absolute atomic E-state index is 0.247. The summed E-state index contributed by atoms with van der Waals surface area (Å²) in [5, 5.41) is 42.8. The van der Waals surface area contributed by atoms with Crippen molar-refractivity contribution in [3.63, 3.8) is 0 Å². The van der Waals surface area contributed by atoms with Gasteiger partial charge in [0, 0.05) is 24.8 Å². The van der Waals surface area contributed by atoms with Gasteiger partial charge in [-0.3, -0.25) is 0 Å². The highest BCUT2D eigenvalue weighted by molar-refractivity contribution is 5.51. The van der Waals surface area contributed by atoms with Gasteiger partial charge in [0.25, 0.3) is 0 Å². The lowest BCUT2D eigenvalue weighted by molar-refractivity contribution is 0.147. The van der Waals surface area contributed by atoms with Gasteiger partial charge < -0.3 is 5.32 Å². The van der Waals surface area contributed by atoms with Crippen LogP contribution < -0.4 is 5.32 Å². The maximum Gasteiger partial charge on any atom is 0.182 e. The highest BCUT2D eigenvalue weighted by Crippen LogP contribution is 2.62. The van der Waals surface area contributed by atoms with Gasteiger partial charge in [-0.1, -0.05) is 22.8 Å². The van der Waals surface area contributed by atoms with E-state index in [-0.39, 0.29) is 12.3 Å². The van der Waals surface area contributed by atoms with Gasteiger partial charge >= 0.3 is 0 Å². The molecule has 3 aliphatic carbocycles. The molecular formula is C19H17N5. The fourth-order valence-electron chi connectivity index (χ4n) is 5.45. The number of hydrogen-bond donors (Lipinski definition) is 1. The Morgan fingerprint density at radius 1 is 1.08 bits per heavy atom. The topological polar surface area (TPSA) is 107 Å². The summed E-state index contributed by atoms with van der Waals surface area (Å²) in [7, 11) is 0. The standard InChI is InChI=1S/C19H17N5/c20-8-18(9-21)5-12-1-2-13-6-24-7-14-3-4-15(17(12)16(13)14)19(18,10-22)11-23/h3,13,15-16,24H,1-2,4-7H2/t13-,15-,16+/m1/s1. The van der Waals surface area contributed by atoms with Crippen LogP contribution in [0.2, 0.25) is 0 Å². The number of rotatable bonds is 0. The van der Waals surface area contributed by atoms with E-state index in [1.807, 2.05) is 0 Å². The lowest BCUT2D eigenvalue weighted by Crippen LogP contribution is -2.54. The Labute approximate surface area is 141 Å². The Morgan fingerprint density at radius 2 is 1.83 bits per heavy atom. The van der Waals surface area contributed by atoms with Crippen molar-refractivity contribution in [1.29, 1.82) is 21.0 Å². The first-order valence-electron chi connectivity index (χ1n) is 8.43. The number of hydrogen-bond acceptors (Lipinski definition) is 5. The third kappa shape index (κ3) is 1.54. The van der Waals surface area contributed by atoms with Crippen LogP contribution in [0.4, 0.5) is 0 Å². The van der Waals surface area contributed by atoms with E-state index in [0.29, 0.717) is 18.3 Å². The molecule has 3 atom stereocenters. The summed E-state index contributed by atoms with van der Waals surface area (Å²) in [5.41, 5.74) is 0.600. The molecule has 0 radical (unpaired) electrons. The van der Waals surface area contributed by atoms with E-state index in [0.717, 1.165) is 31.5 Å². The fraction of sp³-hybridized carbons (Fsp3) is 0.579. The van der Waals surface area contributed by atoms with E-state index in [1.165, 1.54) is 11.1 Å². The van der Waals surface area contributed by atoms with Crippen molar-refractivity contribution in [2.45, 2.75) is 25.7 Å².